The maximum atomic E-state index is 11.2. The SMILES string of the molecule is Cc1nc(S(=O)(=O)Cl)cn1CCc1ccnn1C. The highest BCUT2D eigenvalue weighted by atomic mass is 35.7. The Morgan fingerprint density at radius 1 is 1.44 bits per heavy atom. The number of halogens is 1. The lowest BCUT2D eigenvalue weighted by atomic mass is 10.3. The summed E-state index contributed by atoms with van der Waals surface area (Å²) in [6.45, 7) is 2.37. The van der Waals surface area contributed by atoms with E-state index in [1.165, 1.54) is 6.20 Å². The summed E-state index contributed by atoms with van der Waals surface area (Å²) in [5, 5.41) is 3.97. The molecule has 98 valence electrons. The van der Waals surface area contributed by atoms with Gasteiger partial charge in [-0.1, -0.05) is 0 Å². The fourth-order valence-corrected chi connectivity index (χ4v) is 2.42. The normalized spacial score (nSPS) is 11.9. The van der Waals surface area contributed by atoms with Crippen molar-refractivity contribution >= 4 is 19.7 Å². The zero-order valence-electron chi connectivity index (χ0n) is 10.0. The molecule has 2 heterocycles. The molecule has 0 bridgehead atoms. The second-order valence-electron chi connectivity index (χ2n) is 3.95. The van der Waals surface area contributed by atoms with Crippen LogP contribution in [-0.2, 0) is 29.1 Å². The molecule has 2 rings (SSSR count). The van der Waals surface area contributed by atoms with Crippen LogP contribution < -0.4 is 0 Å². The van der Waals surface area contributed by atoms with Gasteiger partial charge in [0, 0.05) is 48.8 Å². The van der Waals surface area contributed by atoms with Crippen LogP contribution in [0.4, 0.5) is 0 Å². The molecule has 0 radical (unpaired) electrons. The molecule has 0 unspecified atom stereocenters. The maximum absolute atomic E-state index is 11.2. The van der Waals surface area contributed by atoms with E-state index in [9.17, 15) is 8.42 Å². The summed E-state index contributed by atoms with van der Waals surface area (Å²) < 4.78 is 25.9. The largest absolute Gasteiger partial charge is 0.333 e. The predicted molar refractivity (Wildman–Crippen MR) is 66.9 cm³/mol. The Hall–Kier alpha value is -1.34. The van der Waals surface area contributed by atoms with E-state index in [-0.39, 0.29) is 5.03 Å². The van der Waals surface area contributed by atoms with Crippen molar-refractivity contribution in [2.75, 3.05) is 0 Å². The zero-order chi connectivity index (χ0) is 13.3. The van der Waals surface area contributed by atoms with Gasteiger partial charge in [-0.05, 0) is 13.0 Å². The molecule has 6 nitrogen and oxygen atoms in total. The molecule has 8 heteroatoms. The van der Waals surface area contributed by atoms with Crippen molar-refractivity contribution in [3.8, 4) is 0 Å². The molecule has 0 spiro atoms. The topological polar surface area (TPSA) is 69.8 Å². The van der Waals surface area contributed by atoms with Crippen LogP contribution in [0.2, 0.25) is 0 Å². The number of hydrogen-bond acceptors (Lipinski definition) is 4. The number of aromatic nitrogens is 4. The fraction of sp³-hybridized carbons (Fsp3) is 0.400. The lowest BCUT2D eigenvalue weighted by Gasteiger charge is -2.04. The summed E-state index contributed by atoms with van der Waals surface area (Å²) in [7, 11) is 3.35. The summed E-state index contributed by atoms with van der Waals surface area (Å²) >= 11 is 0. The Balaban J connectivity index is 2.16. The van der Waals surface area contributed by atoms with Gasteiger partial charge in [-0.25, -0.2) is 13.4 Å². The minimum Gasteiger partial charge on any atom is -0.333 e. The van der Waals surface area contributed by atoms with Crippen LogP contribution in [0.3, 0.4) is 0 Å². The van der Waals surface area contributed by atoms with E-state index < -0.39 is 9.05 Å². The Labute approximate surface area is 110 Å². The van der Waals surface area contributed by atoms with E-state index in [0.29, 0.717) is 12.4 Å². The van der Waals surface area contributed by atoms with Gasteiger partial charge in [0.2, 0.25) is 0 Å². The molecule has 0 N–H and O–H groups in total. The van der Waals surface area contributed by atoms with Gasteiger partial charge >= 0.3 is 0 Å². The molecule has 2 aromatic rings. The summed E-state index contributed by atoms with van der Waals surface area (Å²) in [6, 6.07) is 1.92. The van der Waals surface area contributed by atoms with Crippen LogP contribution in [0.1, 0.15) is 11.5 Å². The number of aryl methyl sites for hydroxylation is 4. The first-order valence-corrected chi connectivity index (χ1v) is 7.64. The molecule has 2 aromatic heterocycles. The van der Waals surface area contributed by atoms with Gasteiger partial charge in [0.05, 0.1) is 0 Å². The molecule has 0 aliphatic heterocycles. The number of hydrogen-bond donors (Lipinski definition) is 0. The van der Waals surface area contributed by atoms with E-state index in [4.69, 9.17) is 10.7 Å². The van der Waals surface area contributed by atoms with Crippen LogP contribution >= 0.6 is 10.7 Å². The van der Waals surface area contributed by atoms with Crippen molar-refractivity contribution < 1.29 is 8.42 Å². The van der Waals surface area contributed by atoms with Gasteiger partial charge in [-0.2, -0.15) is 5.10 Å². The Morgan fingerprint density at radius 2 is 2.17 bits per heavy atom. The lowest BCUT2D eigenvalue weighted by Crippen LogP contribution is -2.06. The molecular weight excluding hydrogens is 276 g/mol. The van der Waals surface area contributed by atoms with Gasteiger partial charge in [0.1, 0.15) is 5.82 Å². The van der Waals surface area contributed by atoms with Crippen molar-refractivity contribution in [2.45, 2.75) is 24.9 Å². The van der Waals surface area contributed by atoms with E-state index >= 15 is 0 Å². The lowest BCUT2D eigenvalue weighted by molar-refractivity contribution is 0.606. The number of nitrogens with zero attached hydrogens (tertiary/aromatic N) is 4. The van der Waals surface area contributed by atoms with E-state index in [1.54, 1.807) is 22.4 Å². The van der Waals surface area contributed by atoms with Crippen molar-refractivity contribution in [1.29, 1.82) is 0 Å². The summed E-state index contributed by atoms with van der Waals surface area (Å²) in [4.78, 5) is 3.92. The Bertz CT molecular complexity index is 659. The van der Waals surface area contributed by atoms with Crippen molar-refractivity contribution in [2.24, 2.45) is 7.05 Å². The minimum atomic E-state index is -3.76. The Kier molecular flexibility index (Phi) is 3.45. The highest BCUT2D eigenvalue weighted by Gasteiger charge is 2.15. The van der Waals surface area contributed by atoms with Crippen LogP contribution in [0.15, 0.2) is 23.5 Å². The molecule has 0 saturated carbocycles. The fourth-order valence-electron chi connectivity index (χ4n) is 1.70. The predicted octanol–water partition coefficient (Wildman–Crippen LogP) is 1.10. The third-order valence-electron chi connectivity index (χ3n) is 2.74. The van der Waals surface area contributed by atoms with E-state index in [1.807, 2.05) is 13.1 Å². The molecule has 18 heavy (non-hydrogen) atoms. The molecule has 0 saturated heterocycles. The maximum Gasteiger partial charge on any atom is 0.280 e. The first kappa shape index (κ1) is 13.1. The minimum absolute atomic E-state index is 0.105. The standard InChI is InChI=1S/C10H13ClN4O2S/c1-8-13-10(18(11,16)17)7-15(8)6-4-9-3-5-12-14(9)2/h3,5,7H,4,6H2,1-2H3. The zero-order valence-corrected chi connectivity index (χ0v) is 11.6. The monoisotopic (exact) mass is 288 g/mol. The van der Waals surface area contributed by atoms with Crippen molar-refractivity contribution in [3.63, 3.8) is 0 Å². The summed E-state index contributed by atoms with van der Waals surface area (Å²) in [5.74, 6) is 0.622. The van der Waals surface area contributed by atoms with Gasteiger partial charge in [0.25, 0.3) is 9.05 Å². The molecule has 0 amide bonds. The van der Waals surface area contributed by atoms with Crippen molar-refractivity contribution in [3.05, 3.63) is 30.0 Å². The van der Waals surface area contributed by atoms with Crippen LogP contribution in [0.25, 0.3) is 0 Å². The van der Waals surface area contributed by atoms with Gasteiger partial charge < -0.3 is 4.57 Å². The highest BCUT2D eigenvalue weighted by Crippen LogP contribution is 2.14. The van der Waals surface area contributed by atoms with Gasteiger partial charge in [-0.15, -0.1) is 0 Å². The average molecular weight is 289 g/mol. The molecule has 0 aromatic carbocycles. The summed E-state index contributed by atoms with van der Waals surface area (Å²) in [6.07, 6.45) is 3.92. The molecule has 0 fully saturated rings. The third-order valence-corrected chi connectivity index (χ3v) is 3.91. The first-order valence-electron chi connectivity index (χ1n) is 5.33. The second kappa shape index (κ2) is 4.74. The highest BCUT2D eigenvalue weighted by molar-refractivity contribution is 8.13. The number of rotatable bonds is 4. The van der Waals surface area contributed by atoms with Gasteiger partial charge in [0.15, 0.2) is 5.03 Å². The molecule has 0 atom stereocenters. The third kappa shape index (κ3) is 2.73. The van der Waals surface area contributed by atoms with Crippen LogP contribution in [-0.4, -0.2) is 27.7 Å². The average Bonchev–Trinajstić information content (AvgIpc) is 2.82. The van der Waals surface area contributed by atoms with Crippen molar-refractivity contribution in [1.82, 2.24) is 19.3 Å². The molecular formula is C10H13ClN4O2S. The molecule has 0 aliphatic carbocycles. The Morgan fingerprint density at radius 3 is 2.67 bits per heavy atom. The first-order chi connectivity index (χ1) is 8.38. The molecule has 0 aliphatic rings. The van der Waals surface area contributed by atoms with Gasteiger partial charge in [-0.3, -0.25) is 4.68 Å². The van der Waals surface area contributed by atoms with Crippen LogP contribution in [0.5, 0.6) is 0 Å². The smallest absolute Gasteiger partial charge is 0.280 e. The number of imidazole rings is 1. The van der Waals surface area contributed by atoms with E-state index in [2.05, 4.69) is 10.1 Å². The second-order valence-corrected chi connectivity index (χ2v) is 6.47. The van der Waals surface area contributed by atoms with E-state index in [0.717, 1.165) is 12.1 Å². The quantitative estimate of drug-likeness (QED) is 0.790. The summed E-state index contributed by atoms with van der Waals surface area (Å²) in [5.41, 5.74) is 1.07. The van der Waals surface area contributed by atoms with Crippen LogP contribution in [0, 0.1) is 6.92 Å².